The highest BCUT2D eigenvalue weighted by Gasteiger charge is 2.37. The van der Waals surface area contributed by atoms with Crippen molar-refractivity contribution >= 4 is 11.9 Å². The summed E-state index contributed by atoms with van der Waals surface area (Å²) in [5.41, 5.74) is 0. The fourth-order valence-electron chi connectivity index (χ4n) is 1.67. The summed E-state index contributed by atoms with van der Waals surface area (Å²) in [6, 6.07) is 0. The van der Waals surface area contributed by atoms with Crippen molar-refractivity contribution in [2.24, 2.45) is 0 Å². The van der Waals surface area contributed by atoms with Crippen LogP contribution in [0.4, 0.5) is 0 Å². The van der Waals surface area contributed by atoms with Crippen LogP contribution < -0.4 is 5.32 Å². The third kappa shape index (κ3) is 7.51. The van der Waals surface area contributed by atoms with Crippen LogP contribution in [0.25, 0.3) is 0 Å². The van der Waals surface area contributed by atoms with Gasteiger partial charge >= 0.3 is 5.97 Å². The number of unbranched alkanes of at least 4 members (excludes halogenated alkanes) is 4. The highest BCUT2D eigenvalue weighted by atomic mass is 16.4. The van der Waals surface area contributed by atoms with E-state index in [1.165, 1.54) is 6.20 Å². The fraction of sp³-hybridized carbons (Fsp3) is 0.714. The summed E-state index contributed by atoms with van der Waals surface area (Å²) < 4.78 is 0. The largest absolute Gasteiger partial charge is 0.479 e. The lowest BCUT2D eigenvalue weighted by Gasteiger charge is -2.23. The van der Waals surface area contributed by atoms with Gasteiger partial charge in [-0.15, -0.1) is 0 Å². The lowest BCUT2D eigenvalue weighted by Crippen LogP contribution is -2.52. The minimum atomic E-state index is -2.30. The molecule has 0 aliphatic heterocycles. The Labute approximate surface area is 129 Å². The summed E-state index contributed by atoms with van der Waals surface area (Å²) in [7, 11) is 0. The normalized spacial score (nSPS) is 17.0. The summed E-state index contributed by atoms with van der Waals surface area (Å²) in [5, 5.41) is 48.0. The van der Waals surface area contributed by atoms with Crippen molar-refractivity contribution in [3.05, 3.63) is 12.3 Å². The highest BCUT2D eigenvalue weighted by molar-refractivity contribution is 5.82. The van der Waals surface area contributed by atoms with E-state index in [9.17, 15) is 24.9 Å². The fourth-order valence-corrected chi connectivity index (χ4v) is 1.67. The zero-order valence-corrected chi connectivity index (χ0v) is 12.6. The molecule has 0 aromatic carbocycles. The molecule has 0 bridgehead atoms. The van der Waals surface area contributed by atoms with Gasteiger partial charge in [0.2, 0.25) is 0 Å². The Bertz CT molecular complexity index is 372. The van der Waals surface area contributed by atoms with Crippen LogP contribution in [0.15, 0.2) is 12.3 Å². The van der Waals surface area contributed by atoms with Crippen LogP contribution in [0.3, 0.4) is 0 Å². The average Bonchev–Trinajstić information content (AvgIpc) is 2.50. The molecule has 1 amide bonds. The van der Waals surface area contributed by atoms with E-state index in [0.717, 1.165) is 32.1 Å². The first-order chi connectivity index (χ1) is 10.3. The van der Waals surface area contributed by atoms with E-state index in [1.54, 1.807) is 6.08 Å². The predicted octanol–water partition coefficient (Wildman–Crippen LogP) is -0.885. The van der Waals surface area contributed by atoms with Crippen LogP contribution in [0, 0.1) is 0 Å². The molecule has 0 rings (SSSR count). The zero-order chi connectivity index (χ0) is 17.1. The molecule has 0 aliphatic carbocycles. The van der Waals surface area contributed by atoms with Crippen molar-refractivity contribution in [1.82, 2.24) is 5.32 Å². The predicted molar refractivity (Wildman–Crippen MR) is 77.7 cm³/mol. The van der Waals surface area contributed by atoms with Crippen LogP contribution in [0.5, 0.6) is 0 Å². The molecule has 4 atom stereocenters. The molecule has 128 valence electrons. The van der Waals surface area contributed by atoms with Crippen molar-refractivity contribution in [1.29, 1.82) is 0 Å². The summed E-state index contributed by atoms with van der Waals surface area (Å²) in [4.78, 5) is 21.9. The van der Waals surface area contributed by atoms with Gasteiger partial charge in [0.25, 0.3) is 5.91 Å². The maximum Gasteiger partial charge on any atom is 0.335 e. The standard InChI is InChI=1S/C14H25NO7/c1-2-3-4-5-6-7-8-15-13(20)11(18)9(16)10(17)12(19)14(21)22/h7-12,16-19H,2-6H2,1H3,(H,15,20)(H,21,22)/b8-7+. The molecule has 0 spiro atoms. The van der Waals surface area contributed by atoms with Gasteiger partial charge < -0.3 is 30.8 Å². The van der Waals surface area contributed by atoms with Gasteiger partial charge in [0.15, 0.2) is 12.2 Å². The van der Waals surface area contributed by atoms with E-state index in [4.69, 9.17) is 10.2 Å². The number of aliphatic carboxylic acids is 1. The Morgan fingerprint density at radius 3 is 2.14 bits per heavy atom. The highest BCUT2D eigenvalue weighted by Crippen LogP contribution is 2.06. The van der Waals surface area contributed by atoms with Gasteiger partial charge in [0, 0.05) is 0 Å². The van der Waals surface area contributed by atoms with E-state index < -0.39 is 36.3 Å². The number of hydrogen-bond donors (Lipinski definition) is 6. The number of hydrogen-bond acceptors (Lipinski definition) is 6. The van der Waals surface area contributed by atoms with Crippen molar-refractivity contribution in [2.45, 2.75) is 63.4 Å². The van der Waals surface area contributed by atoms with Crippen molar-refractivity contribution in [2.75, 3.05) is 0 Å². The quantitative estimate of drug-likeness (QED) is 0.271. The van der Waals surface area contributed by atoms with Gasteiger partial charge in [0.05, 0.1) is 0 Å². The van der Waals surface area contributed by atoms with Crippen LogP contribution >= 0.6 is 0 Å². The van der Waals surface area contributed by atoms with Crippen LogP contribution in [0.2, 0.25) is 0 Å². The van der Waals surface area contributed by atoms with E-state index in [2.05, 4.69) is 12.2 Å². The second-order valence-corrected chi connectivity index (χ2v) is 4.97. The van der Waals surface area contributed by atoms with Gasteiger partial charge in [-0.05, 0) is 19.0 Å². The number of allylic oxidation sites excluding steroid dienone is 1. The SMILES string of the molecule is CCCCCC/C=C/NC(=O)C(O)C(O)C(O)C(O)C(=O)O. The number of amides is 1. The van der Waals surface area contributed by atoms with Crippen LogP contribution in [0.1, 0.15) is 39.0 Å². The molecule has 8 heteroatoms. The molecule has 6 N–H and O–H groups in total. The molecule has 22 heavy (non-hydrogen) atoms. The molecule has 0 saturated carbocycles. The summed E-state index contributed by atoms with van der Waals surface area (Å²) in [6.45, 7) is 2.10. The Hall–Kier alpha value is -1.48. The molecular formula is C14H25NO7. The lowest BCUT2D eigenvalue weighted by molar-refractivity contribution is -0.166. The second-order valence-electron chi connectivity index (χ2n) is 4.97. The monoisotopic (exact) mass is 319 g/mol. The Morgan fingerprint density at radius 1 is 1.00 bits per heavy atom. The number of carboxylic acid groups (broad SMARTS) is 1. The van der Waals surface area contributed by atoms with Gasteiger partial charge in [-0.2, -0.15) is 0 Å². The minimum Gasteiger partial charge on any atom is -0.479 e. The van der Waals surface area contributed by atoms with Crippen LogP contribution in [-0.2, 0) is 9.59 Å². The van der Waals surface area contributed by atoms with Crippen molar-refractivity contribution in [3.63, 3.8) is 0 Å². The third-order valence-electron chi connectivity index (χ3n) is 3.09. The first kappa shape index (κ1) is 20.5. The molecule has 0 aromatic heterocycles. The zero-order valence-electron chi connectivity index (χ0n) is 12.6. The van der Waals surface area contributed by atoms with Gasteiger partial charge in [-0.25, -0.2) is 4.79 Å². The molecule has 0 aromatic rings. The number of aliphatic hydroxyl groups is 4. The molecule has 0 radical (unpaired) electrons. The summed E-state index contributed by atoms with van der Waals surface area (Å²) in [6.07, 6.45) is -0.618. The maximum absolute atomic E-state index is 11.5. The number of aliphatic hydroxyl groups excluding tert-OH is 4. The Morgan fingerprint density at radius 2 is 1.59 bits per heavy atom. The van der Waals surface area contributed by atoms with Gasteiger partial charge in [-0.1, -0.05) is 32.3 Å². The first-order valence-electron chi connectivity index (χ1n) is 7.23. The summed E-state index contributed by atoms with van der Waals surface area (Å²) in [5.74, 6) is -2.78. The number of carbonyl (C=O) groups is 2. The van der Waals surface area contributed by atoms with Crippen LogP contribution in [-0.4, -0.2) is 61.8 Å². The van der Waals surface area contributed by atoms with Gasteiger partial charge in [-0.3, -0.25) is 4.79 Å². The van der Waals surface area contributed by atoms with Crippen molar-refractivity contribution < 1.29 is 35.1 Å². The molecule has 4 unspecified atom stereocenters. The second kappa shape index (κ2) is 11.1. The maximum atomic E-state index is 11.5. The average molecular weight is 319 g/mol. The molecule has 0 heterocycles. The molecular weight excluding hydrogens is 294 g/mol. The lowest BCUT2D eigenvalue weighted by atomic mass is 10.0. The van der Waals surface area contributed by atoms with Crippen molar-refractivity contribution in [3.8, 4) is 0 Å². The number of carboxylic acids is 1. The minimum absolute atomic E-state index is 0.749. The topological polar surface area (TPSA) is 147 Å². The molecule has 0 aliphatic rings. The molecule has 0 saturated heterocycles. The number of rotatable bonds is 11. The number of carbonyl (C=O) groups excluding carboxylic acids is 1. The Balaban J connectivity index is 4.19. The van der Waals surface area contributed by atoms with E-state index in [1.807, 2.05) is 0 Å². The van der Waals surface area contributed by atoms with Gasteiger partial charge in [0.1, 0.15) is 12.2 Å². The van der Waals surface area contributed by atoms with E-state index >= 15 is 0 Å². The molecule has 0 fully saturated rings. The summed E-state index contributed by atoms with van der Waals surface area (Å²) >= 11 is 0. The number of nitrogens with one attached hydrogen (secondary N) is 1. The van der Waals surface area contributed by atoms with E-state index in [0.29, 0.717) is 0 Å². The Kier molecular flexibility index (Phi) is 10.4. The first-order valence-corrected chi connectivity index (χ1v) is 7.23. The third-order valence-corrected chi connectivity index (χ3v) is 3.09. The van der Waals surface area contributed by atoms with E-state index in [-0.39, 0.29) is 0 Å². The molecule has 8 nitrogen and oxygen atoms in total. The smallest absolute Gasteiger partial charge is 0.335 e.